The Labute approximate surface area is 261 Å². The normalized spacial score (nSPS) is 19.5. The Balaban J connectivity index is 1.69. The van der Waals surface area contributed by atoms with E-state index < -0.39 is 54.6 Å². The highest BCUT2D eigenvalue weighted by atomic mass is 16.7. The molecule has 2 amide bonds. The van der Waals surface area contributed by atoms with Crippen LogP contribution in [-0.4, -0.2) is 90.3 Å². The standard InChI is InChI=1S/C33H40N4O8/c1-19(39)28-27(18-38)45-37(29(28)31(34)40)17-21-11-8-12-25(30(21)44-4)22-14-23(16-24(15-22)36(2)3)32(41)35-26(33(42)43)13-20-9-6-5-7-10-20/h5-12,14-16,19,26-29,38-39H,13,17-18H2,1-4H3,(H2,34,40)(H,35,41)(H,42,43)/t19-,26-,27-,28+,29-/m0/s1. The molecule has 6 N–H and O–H groups in total. The van der Waals surface area contributed by atoms with Gasteiger partial charge in [-0.3, -0.25) is 14.4 Å². The minimum atomic E-state index is -1.15. The Morgan fingerprint density at radius 1 is 1.09 bits per heavy atom. The van der Waals surface area contributed by atoms with Crippen LogP contribution in [0.25, 0.3) is 11.1 Å². The number of nitrogens with two attached hydrogens (primary N) is 1. The number of anilines is 1. The van der Waals surface area contributed by atoms with Gasteiger partial charge in [-0.2, -0.15) is 5.06 Å². The Hall–Kier alpha value is -4.49. The van der Waals surface area contributed by atoms with E-state index >= 15 is 0 Å². The zero-order chi connectivity index (χ0) is 32.8. The molecule has 240 valence electrons. The summed E-state index contributed by atoms with van der Waals surface area (Å²) in [7, 11) is 5.15. The number of primary amides is 1. The van der Waals surface area contributed by atoms with Crippen LogP contribution < -0.4 is 20.7 Å². The second kappa shape index (κ2) is 14.5. The lowest BCUT2D eigenvalue weighted by molar-refractivity contribution is -0.181. The van der Waals surface area contributed by atoms with Crippen LogP contribution in [0, 0.1) is 5.92 Å². The third-order valence-electron chi connectivity index (χ3n) is 7.92. The molecule has 0 aliphatic carbocycles. The van der Waals surface area contributed by atoms with Crippen LogP contribution in [0.4, 0.5) is 5.69 Å². The molecule has 0 aromatic heterocycles. The SMILES string of the molecule is COc1c(CN2O[C@@H](CO)[C@@H]([C@H](C)O)[C@H]2C(N)=O)cccc1-c1cc(C(=O)N[C@@H](Cc2ccccc2)C(=O)O)cc(N(C)C)c1. The maximum absolute atomic E-state index is 13.5. The fourth-order valence-corrected chi connectivity index (χ4v) is 5.69. The summed E-state index contributed by atoms with van der Waals surface area (Å²) in [4.78, 5) is 45.7. The number of benzene rings is 3. The smallest absolute Gasteiger partial charge is 0.326 e. The van der Waals surface area contributed by atoms with Gasteiger partial charge in [0.15, 0.2) is 0 Å². The van der Waals surface area contributed by atoms with Gasteiger partial charge in [-0.1, -0.05) is 48.5 Å². The Morgan fingerprint density at radius 3 is 2.38 bits per heavy atom. The van der Waals surface area contributed by atoms with Crippen molar-refractivity contribution in [3.05, 3.63) is 83.4 Å². The summed E-state index contributed by atoms with van der Waals surface area (Å²) in [6.07, 6.45) is -1.67. The molecule has 0 unspecified atom stereocenters. The van der Waals surface area contributed by atoms with E-state index in [1.165, 1.54) is 19.1 Å². The summed E-state index contributed by atoms with van der Waals surface area (Å²) in [5, 5.41) is 34.0. The van der Waals surface area contributed by atoms with Crippen molar-refractivity contribution in [2.45, 2.75) is 44.2 Å². The van der Waals surface area contributed by atoms with Gasteiger partial charge in [0, 0.05) is 48.8 Å². The number of rotatable bonds is 13. The molecule has 12 heteroatoms. The first kappa shape index (κ1) is 33.4. The molecule has 1 aliphatic rings. The Kier molecular flexibility index (Phi) is 10.8. The van der Waals surface area contributed by atoms with Crippen molar-refractivity contribution < 1.29 is 39.3 Å². The number of aliphatic carboxylic acids is 1. The predicted molar refractivity (Wildman–Crippen MR) is 167 cm³/mol. The van der Waals surface area contributed by atoms with Gasteiger partial charge in [0.25, 0.3) is 5.91 Å². The molecule has 3 aromatic rings. The van der Waals surface area contributed by atoms with E-state index in [1.807, 2.05) is 49.3 Å². The quantitative estimate of drug-likeness (QED) is 0.190. The Bertz CT molecular complexity index is 1510. The number of methoxy groups -OCH3 is 1. The second-order valence-electron chi connectivity index (χ2n) is 11.3. The van der Waals surface area contributed by atoms with Crippen LogP contribution in [0.3, 0.4) is 0 Å². The lowest BCUT2D eigenvalue weighted by atomic mass is 9.89. The maximum atomic E-state index is 13.5. The number of hydroxylamine groups is 2. The molecular formula is C33H40N4O8. The summed E-state index contributed by atoms with van der Waals surface area (Å²) < 4.78 is 5.84. The summed E-state index contributed by atoms with van der Waals surface area (Å²) in [6, 6.07) is 17.5. The van der Waals surface area contributed by atoms with Gasteiger partial charge in [-0.15, -0.1) is 0 Å². The number of ether oxygens (including phenoxy) is 1. The molecular weight excluding hydrogens is 580 g/mol. The van der Waals surface area contributed by atoms with Gasteiger partial charge in [-0.25, -0.2) is 4.79 Å². The Morgan fingerprint density at radius 2 is 1.80 bits per heavy atom. The largest absolute Gasteiger partial charge is 0.496 e. The van der Waals surface area contributed by atoms with Gasteiger partial charge >= 0.3 is 5.97 Å². The number of carboxylic acids is 1. The van der Waals surface area contributed by atoms with Gasteiger partial charge < -0.3 is 36.0 Å². The number of carboxylic acid groups (broad SMARTS) is 1. The molecule has 0 saturated carbocycles. The van der Waals surface area contributed by atoms with Crippen molar-refractivity contribution in [3.63, 3.8) is 0 Å². The van der Waals surface area contributed by atoms with Crippen molar-refractivity contribution in [2.24, 2.45) is 11.7 Å². The zero-order valence-electron chi connectivity index (χ0n) is 25.7. The topological polar surface area (TPSA) is 175 Å². The third-order valence-corrected chi connectivity index (χ3v) is 7.92. The summed E-state index contributed by atoms with van der Waals surface area (Å²) in [5.74, 6) is -2.69. The number of carbonyl (C=O) groups is 3. The highest BCUT2D eigenvalue weighted by Gasteiger charge is 2.48. The molecule has 12 nitrogen and oxygen atoms in total. The van der Waals surface area contributed by atoms with Crippen LogP contribution in [-0.2, 0) is 27.4 Å². The van der Waals surface area contributed by atoms with Gasteiger partial charge in [0.05, 0.1) is 26.4 Å². The number of amides is 2. The lowest BCUT2D eigenvalue weighted by Gasteiger charge is -2.25. The van der Waals surface area contributed by atoms with Crippen molar-refractivity contribution in [3.8, 4) is 16.9 Å². The third kappa shape index (κ3) is 7.60. The van der Waals surface area contributed by atoms with Gasteiger partial charge in [0.2, 0.25) is 5.91 Å². The fourth-order valence-electron chi connectivity index (χ4n) is 5.69. The lowest BCUT2D eigenvalue weighted by Crippen LogP contribution is -2.47. The molecule has 1 fully saturated rings. The first-order chi connectivity index (χ1) is 21.4. The van der Waals surface area contributed by atoms with Crippen molar-refractivity contribution in [1.82, 2.24) is 10.4 Å². The van der Waals surface area contributed by atoms with E-state index in [1.54, 1.807) is 36.4 Å². The molecule has 1 aliphatic heterocycles. The minimum Gasteiger partial charge on any atom is -0.496 e. The molecule has 0 radical (unpaired) electrons. The van der Waals surface area contributed by atoms with Crippen LogP contribution in [0.5, 0.6) is 5.75 Å². The first-order valence-electron chi connectivity index (χ1n) is 14.5. The van der Waals surface area contributed by atoms with E-state index in [2.05, 4.69) is 5.32 Å². The number of carbonyl (C=O) groups excluding carboxylic acids is 2. The highest BCUT2D eigenvalue weighted by Crippen LogP contribution is 2.38. The molecule has 0 spiro atoms. The highest BCUT2D eigenvalue weighted by molar-refractivity contribution is 5.99. The van der Waals surface area contributed by atoms with Crippen LogP contribution in [0.2, 0.25) is 0 Å². The van der Waals surface area contributed by atoms with E-state index in [-0.39, 0.29) is 18.5 Å². The molecule has 45 heavy (non-hydrogen) atoms. The van der Waals surface area contributed by atoms with Gasteiger partial charge in [-0.05, 0) is 36.2 Å². The van der Waals surface area contributed by atoms with Crippen molar-refractivity contribution >= 4 is 23.5 Å². The number of nitrogens with one attached hydrogen (secondary N) is 1. The van der Waals surface area contributed by atoms with Crippen LogP contribution >= 0.6 is 0 Å². The zero-order valence-corrected chi connectivity index (χ0v) is 25.7. The van der Waals surface area contributed by atoms with E-state index in [9.17, 15) is 29.7 Å². The average molecular weight is 621 g/mol. The number of aliphatic hydroxyl groups is 2. The number of para-hydroxylation sites is 1. The summed E-state index contributed by atoms with van der Waals surface area (Å²) in [5.41, 5.74) is 9.31. The summed E-state index contributed by atoms with van der Waals surface area (Å²) >= 11 is 0. The molecule has 1 saturated heterocycles. The molecule has 0 bridgehead atoms. The van der Waals surface area contributed by atoms with Crippen LogP contribution in [0.1, 0.15) is 28.4 Å². The predicted octanol–water partition coefficient (Wildman–Crippen LogP) is 1.81. The monoisotopic (exact) mass is 620 g/mol. The van der Waals surface area contributed by atoms with Gasteiger partial charge in [0.1, 0.15) is 23.9 Å². The van der Waals surface area contributed by atoms with E-state index in [0.29, 0.717) is 28.1 Å². The number of hydrogen-bond acceptors (Lipinski definition) is 9. The second-order valence-corrected chi connectivity index (χ2v) is 11.3. The molecule has 1 heterocycles. The molecule has 5 atom stereocenters. The fraction of sp³-hybridized carbons (Fsp3) is 0.364. The number of nitrogens with zero attached hydrogens (tertiary/aromatic N) is 2. The van der Waals surface area contributed by atoms with E-state index in [4.69, 9.17) is 15.3 Å². The minimum absolute atomic E-state index is 0.0465. The maximum Gasteiger partial charge on any atom is 0.326 e. The van der Waals surface area contributed by atoms with E-state index in [0.717, 1.165) is 5.56 Å². The summed E-state index contributed by atoms with van der Waals surface area (Å²) in [6.45, 7) is 1.15. The molecule has 3 aromatic carbocycles. The van der Waals surface area contributed by atoms with Crippen LogP contribution in [0.15, 0.2) is 66.7 Å². The van der Waals surface area contributed by atoms with Crippen molar-refractivity contribution in [2.75, 3.05) is 32.7 Å². The van der Waals surface area contributed by atoms with Crippen molar-refractivity contribution in [1.29, 1.82) is 0 Å². The first-order valence-corrected chi connectivity index (χ1v) is 14.5. The number of aliphatic hydroxyl groups excluding tert-OH is 2. The molecule has 4 rings (SSSR count). The average Bonchev–Trinajstić information content (AvgIpc) is 3.39. The number of hydrogen-bond donors (Lipinski definition) is 5.